The van der Waals surface area contributed by atoms with Gasteiger partial charge in [0.25, 0.3) is 0 Å². The Kier molecular flexibility index (Phi) is 7.69. The molecule has 0 fully saturated rings. The van der Waals surface area contributed by atoms with E-state index in [-0.39, 0.29) is 0 Å². The highest BCUT2D eigenvalue weighted by molar-refractivity contribution is 6.27. The molecule has 0 spiro atoms. The van der Waals surface area contributed by atoms with Gasteiger partial charge < -0.3 is 4.42 Å². The number of benzene rings is 12. The number of hydrogen-bond acceptors (Lipinski definition) is 3. The summed E-state index contributed by atoms with van der Waals surface area (Å²) < 4.78 is 6.17. The molecule has 2 heterocycles. The molecule has 3 nitrogen and oxygen atoms in total. The quantitative estimate of drug-likeness (QED) is 0.166. The SMILES string of the molecule is c1ccc2oc(-c3ccc(-c4cc5c(-c6ccc7c8ccccc8c8ccccc8c7c6)cc(-c6ccc7c8ccccc8c8ccccc8c7c6)nc5c5ccccc45)cc3)nc2c1. The summed E-state index contributed by atoms with van der Waals surface area (Å²) in [5.74, 6) is 0.617. The molecule has 0 aliphatic carbocycles. The molecular weight excluding hydrogens is 789 g/mol. The van der Waals surface area contributed by atoms with Gasteiger partial charge in [-0.3, -0.25) is 0 Å². The van der Waals surface area contributed by atoms with Gasteiger partial charge in [0.15, 0.2) is 5.58 Å². The summed E-state index contributed by atoms with van der Waals surface area (Å²) in [5, 5.41) is 18.4. The zero-order chi connectivity index (χ0) is 42.6. The lowest BCUT2D eigenvalue weighted by molar-refractivity contribution is 0.620. The maximum atomic E-state index is 6.17. The van der Waals surface area contributed by atoms with Gasteiger partial charge in [0.2, 0.25) is 5.89 Å². The van der Waals surface area contributed by atoms with Gasteiger partial charge in [-0.15, -0.1) is 0 Å². The molecule has 0 N–H and O–H groups in total. The van der Waals surface area contributed by atoms with E-state index in [0.29, 0.717) is 5.89 Å². The van der Waals surface area contributed by atoms with Crippen molar-refractivity contribution in [2.75, 3.05) is 0 Å². The smallest absolute Gasteiger partial charge is 0.227 e. The van der Waals surface area contributed by atoms with Crippen molar-refractivity contribution in [2.45, 2.75) is 0 Å². The minimum Gasteiger partial charge on any atom is -0.436 e. The fourth-order valence-corrected chi connectivity index (χ4v) is 10.6. The molecule has 65 heavy (non-hydrogen) atoms. The molecule has 0 amide bonds. The van der Waals surface area contributed by atoms with Gasteiger partial charge in [0.1, 0.15) is 5.52 Å². The summed E-state index contributed by atoms with van der Waals surface area (Å²) in [6.45, 7) is 0. The molecule has 14 rings (SSSR count). The number of fused-ring (bicyclic) bond motifs is 16. The number of para-hydroxylation sites is 2. The van der Waals surface area contributed by atoms with Crippen LogP contribution in [0.3, 0.4) is 0 Å². The van der Waals surface area contributed by atoms with Crippen molar-refractivity contribution in [1.82, 2.24) is 9.97 Å². The van der Waals surface area contributed by atoms with Crippen LogP contribution in [-0.2, 0) is 0 Å². The van der Waals surface area contributed by atoms with Gasteiger partial charge in [0.05, 0.1) is 11.2 Å². The predicted molar refractivity (Wildman–Crippen MR) is 274 cm³/mol. The van der Waals surface area contributed by atoms with Crippen LogP contribution >= 0.6 is 0 Å². The minimum atomic E-state index is 0.617. The molecular formula is C62H36N2O. The number of oxazole rings is 1. The van der Waals surface area contributed by atoms with E-state index in [9.17, 15) is 0 Å². The van der Waals surface area contributed by atoms with Crippen LogP contribution in [0, 0.1) is 0 Å². The van der Waals surface area contributed by atoms with Crippen LogP contribution in [0.1, 0.15) is 0 Å². The average molecular weight is 825 g/mol. The molecule has 0 bridgehead atoms. The van der Waals surface area contributed by atoms with Crippen molar-refractivity contribution in [3.8, 4) is 45.0 Å². The monoisotopic (exact) mass is 824 g/mol. The van der Waals surface area contributed by atoms with E-state index in [1.54, 1.807) is 0 Å². The van der Waals surface area contributed by atoms with Crippen LogP contribution in [0.25, 0.3) is 142 Å². The Labute approximate surface area is 373 Å². The number of hydrogen-bond donors (Lipinski definition) is 0. The second-order valence-electron chi connectivity index (χ2n) is 17.2. The highest BCUT2D eigenvalue weighted by Crippen LogP contribution is 2.44. The Bertz CT molecular complexity index is 4190. The first-order chi connectivity index (χ1) is 32.2. The van der Waals surface area contributed by atoms with Gasteiger partial charge in [-0.05, 0) is 141 Å². The van der Waals surface area contributed by atoms with Crippen molar-refractivity contribution in [3.63, 3.8) is 0 Å². The number of pyridine rings is 1. The Balaban J connectivity index is 1.04. The largest absolute Gasteiger partial charge is 0.436 e. The Morgan fingerprint density at radius 2 is 0.677 bits per heavy atom. The van der Waals surface area contributed by atoms with Crippen LogP contribution < -0.4 is 0 Å². The Hall–Kier alpha value is -8.66. The normalized spacial score (nSPS) is 12.0. The molecule has 300 valence electrons. The summed E-state index contributed by atoms with van der Waals surface area (Å²) >= 11 is 0. The minimum absolute atomic E-state index is 0.617. The first kappa shape index (κ1) is 35.9. The fourth-order valence-electron chi connectivity index (χ4n) is 10.6. The molecule has 2 aromatic heterocycles. The zero-order valence-electron chi connectivity index (χ0n) is 35.1. The van der Waals surface area contributed by atoms with Gasteiger partial charge in [-0.2, -0.15) is 0 Å². The summed E-state index contributed by atoms with van der Waals surface area (Å²) in [5.41, 5.74) is 10.1. The van der Waals surface area contributed by atoms with Crippen molar-refractivity contribution in [1.29, 1.82) is 0 Å². The Morgan fingerprint density at radius 1 is 0.262 bits per heavy atom. The second-order valence-corrected chi connectivity index (χ2v) is 17.2. The fraction of sp³-hybridized carbons (Fsp3) is 0. The van der Waals surface area contributed by atoms with E-state index in [0.717, 1.165) is 71.8 Å². The third-order valence-corrected chi connectivity index (χ3v) is 13.7. The predicted octanol–water partition coefficient (Wildman–Crippen LogP) is 17.1. The third-order valence-electron chi connectivity index (χ3n) is 13.7. The van der Waals surface area contributed by atoms with Crippen LogP contribution in [0.2, 0.25) is 0 Å². The standard InChI is InChI=1S/C62H36N2O/c1-3-17-45-41(13-1)43-15-5-7-19-47(43)55-33-39(29-31-50(45)55)54-36-59(40-30-32-51-46-18-4-2-14-42(46)44-16-6-8-20-48(44)56(51)34-40)63-61-52-22-10-9-21-49(52)53(35-57(54)61)37-25-27-38(28-26-37)62-64-58-23-11-12-24-60(58)65-62/h1-36H. The molecule has 0 radical (unpaired) electrons. The van der Waals surface area contributed by atoms with E-state index in [4.69, 9.17) is 14.4 Å². The molecule has 0 saturated heterocycles. The lowest BCUT2D eigenvalue weighted by Gasteiger charge is -2.17. The molecule has 12 aromatic carbocycles. The van der Waals surface area contributed by atoms with Gasteiger partial charge in [0, 0.05) is 21.9 Å². The lowest BCUT2D eigenvalue weighted by atomic mass is 9.88. The molecule has 14 aromatic rings. The zero-order valence-corrected chi connectivity index (χ0v) is 35.1. The van der Waals surface area contributed by atoms with Crippen molar-refractivity contribution >= 4 is 97.4 Å². The lowest BCUT2D eigenvalue weighted by Crippen LogP contribution is -1.94. The van der Waals surface area contributed by atoms with Crippen molar-refractivity contribution in [2.24, 2.45) is 0 Å². The summed E-state index contributed by atoms with van der Waals surface area (Å²) in [6.07, 6.45) is 0. The van der Waals surface area contributed by atoms with Crippen LogP contribution in [0.4, 0.5) is 0 Å². The maximum Gasteiger partial charge on any atom is 0.227 e. The molecule has 0 saturated carbocycles. The van der Waals surface area contributed by atoms with Crippen LogP contribution in [-0.4, -0.2) is 9.97 Å². The van der Waals surface area contributed by atoms with Gasteiger partial charge in [-0.25, -0.2) is 9.97 Å². The van der Waals surface area contributed by atoms with E-state index in [1.807, 2.05) is 24.3 Å². The summed E-state index contributed by atoms with van der Waals surface area (Å²) in [6, 6.07) is 79.1. The third kappa shape index (κ3) is 5.49. The molecule has 0 aliphatic rings. The second kappa shape index (κ2) is 13.9. The molecule has 0 aliphatic heterocycles. The summed E-state index contributed by atoms with van der Waals surface area (Å²) in [4.78, 5) is 10.4. The maximum absolute atomic E-state index is 6.17. The van der Waals surface area contributed by atoms with E-state index in [2.05, 4.69) is 194 Å². The summed E-state index contributed by atoms with van der Waals surface area (Å²) in [7, 11) is 0. The van der Waals surface area contributed by atoms with Crippen molar-refractivity contribution < 1.29 is 4.42 Å². The Morgan fingerprint density at radius 3 is 1.25 bits per heavy atom. The molecule has 3 heteroatoms. The van der Waals surface area contributed by atoms with Crippen molar-refractivity contribution in [3.05, 3.63) is 218 Å². The number of nitrogens with zero attached hydrogens (tertiary/aromatic N) is 2. The van der Waals surface area contributed by atoms with Gasteiger partial charge >= 0.3 is 0 Å². The number of aromatic nitrogens is 2. The molecule has 0 unspecified atom stereocenters. The highest BCUT2D eigenvalue weighted by atomic mass is 16.3. The highest BCUT2D eigenvalue weighted by Gasteiger charge is 2.19. The van der Waals surface area contributed by atoms with Crippen LogP contribution in [0.5, 0.6) is 0 Å². The van der Waals surface area contributed by atoms with E-state index in [1.165, 1.54) is 64.6 Å². The van der Waals surface area contributed by atoms with Crippen LogP contribution in [0.15, 0.2) is 223 Å². The van der Waals surface area contributed by atoms with E-state index < -0.39 is 0 Å². The van der Waals surface area contributed by atoms with Gasteiger partial charge in [-0.1, -0.05) is 170 Å². The average Bonchev–Trinajstić information content (AvgIpc) is 3.83. The topological polar surface area (TPSA) is 38.9 Å². The first-order valence-corrected chi connectivity index (χ1v) is 22.2. The van der Waals surface area contributed by atoms with E-state index >= 15 is 0 Å². The first-order valence-electron chi connectivity index (χ1n) is 22.2. The molecule has 0 atom stereocenters. The number of rotatable bonds is 4.